The van der Waals surface area contributed by atoms with Crippen LogP contribution in [0.25, 0.3) is 0 Å². The number of aromatic carboxylic acids is 1. The van der Waals surface area contributed by atoms with Crippen LogP contribution >= 0.6 is 11.6 Å². The Morgan fingerprint density at radius 3 is 2.40 bits per heavy atom. The minimum atomic E-state index is -1.02. The van der Waals surface area contributed by atoms with E-state index in [-0.39, 0.29) is 11.4 Å². The van der Waals surface area contributed by atoms with Crippen LogP contribution in [0.5, 0.6) is 0 Å². The van der Waals surface area contributed by atoms with Gasteiger partial charge in [-0.1, -0.05) is 11.6 Å². The van der Waals surface area contributed by atoms with E-state index in [2.05, 4.69) is 0 Å². The Morgan fingerprint density at radius 2 is 1.90 bits per heavy atom. The van der Waals surface area contributed by atoms with Crippen LogP contribution in [-0.4, -0.2) is 17.6 Å². The maximum atomic E-state index is 13.0. The lowest BCUT2D eigenvalue weighted by Gasteiger charge is -2.24. The van der Waals surface area contributed by atoms with Gasteiger partial charge in [0.2, 0.25) is 0 Å². The monoisotopic (exact) mass is 293 g/mol. The summed E-state index contributed by atoms with van der Waals surface area (Å²) in [5.41, 5.74) is 1.61. The van der Waals surface area contributed by atoms with Gasteiger partial charge in [0.05, 0.1) is 16.3 Å². The van der Waals surface area contributed by atoms with Gasteiger partial charge in [0.15, 0.2) is 0 Å². The first-order chi connectivity index (χ1) is 9.52. The van der Waals surface area contributed by atoms with Crippen LogP contribution in [0.2, 0.25) is 5.02 Å². The predicted octanol–water partition coefficient (Wildman–Crippen LogP) is 4.34. The smallest absolute Gasteiger partial charge is 0.335 e. The molecule has 1 N–H and O–H groups in total. The van der Waals surface area contributed by atoms with E-state index in [1.807, 2.05) is 11.8 Å². The Hall–Kier alpha value is -2.07. The van der Waals surface area contributed by atoms with Gasteiger partial charge in [0, 0.05) is 12.2 Å². The molecule has 0 aliphatic heterocycles. The summed E-state index contributed by atoms with van der Waals surface area (Å²) in [5, 5.41) is 9.27. The highest BCUT2D eigenvalue weighted by Crippen LogP contribution is 2.32. The summed E-state index contributed by atoms with van der Waals surface area (Å²) in [6.45, 7) is 2.56. The molecule has 3 nitrogen and oxygen atoms in total. The van der Waals surface area contributed by atoms with Crippen molar-refractivity contribution in [2.75, 3.05) is 11.4 Å². The summed E-state index contributed by atoms with van der Waals surface area (Å²) < 4.78 is 13.0. The van der Waals surface area contributed by atoms with Crippen LogP contribution in [0, 0.1) is 5.82 Å². The molecule has 0 saturated carbocycles. The van der Waals surface area contributed by atoms with Crippen LogP contribution in [0.15, 0.2) is 42.5 Å². The van der Waals surface area contributed by atoms with Gasteiger partial charge in [-0.05, 0) is 49.4 Å². The second-order valence-electron chi connectivity index (χ2n) is 4.19. The zero-order chi connectivity index (χ0) is 14.7. The van der Waals surface area contributed by atoms with Crippen molar-refractivity contribution in [3.63, 3.8) is 0 Å². The van der Waals surface area contributed by atoms with Crippen molar-refractivity contribution < 1.29 is 14.3 Å². The number of hydrogen-bond acceptors (Lipinski definition) is 2. The highest BCUT2D eigenvalue weighted by Gasteiger charge is 2.13. The largest absolute Gasteiger partial charge is 0.478 e. The second-order valence-corrected chi connectivity index (χ2v) is 4.60. The van der Waals surface area contributed by atoms with E-state index in [4.69, 9.17) is 16.7 Å². The third kappa shape index (κ3) is 2.91. The molecule has 0 fully saturated rings. The molecular weight excluding hydrogens is 281 g/mol. The Morgan fingerprint density at radius 1 is 1.25 bits per heavy atom. The number of benzene rings is 2. The highest BCUT2D eigenvalue weighted by molar-refractivity contribution is 6.33. The molecule has 0 saturated heterocycles. The summed E-state index contributed by atoms with van der Waals surface area (Å²) in [5.74, 6) is -1.33. The van der Waals surface area contributed by atoms with Gasteiger partial charge in [0.1, 0.15) is 5.82 Å². The van der Waals surface area contributed by atoms with Crippen LogP contribution in [0.4, 0.5) is 15.8 Å². The maximum absolute atomic E-state index is 13.0. The average Bonchev–Trinajstić information content (AvgIpc) is 2.43. The summed E-state index contributed by atoms with van der Waals surface area (Å²) in [6.07, 6.45) is 0. The van der Waals surface area contributed by atoms with Crippen molar-refractivity contribution in [2.45, 2.75) is 6.92 Å². The third-order valence-electron chi connectivity index (χ3n) is 2.94. The molecule has 20 heavy (non-hydrogen) atoms. The van der Waals surface area contributed by atoms with Gasteiger partial charge in [-0.2, -0.15) is 0 Å². The first-order valence-corrected chi connectivity index (χ1v) is 6.46. The molecule has 2 aromatic rings. The lowest BCUT2D eigenvalue weighted by atomic mass is 10.1. The Balaban J connectivity index is 2.41. The van der Waals surface area contributed by atoms with Gasteiger partial charge >= 0.3 is 5.97 Å². The van der Waals surface area contributed by atoms with Crippen LogP contribution in [0.1, 0.15) is 17.3 Å². The van der Waals surface area contributed by atoms with Crippen molar-refractivity contribution in [3.05, 3.63) is 58.9 Å². The predicted molar refractivity (Wildman–Crippen MR) is 77.5 cm³/mol. The summed E-state index contributed by atoms with van der Waals surface area (Å²) in [4.78, 5) is 12.8. The molecule has 0 aliphatic carbocycles. The van der Waals surface area contributed by atoms with Gasteiger partial charge in [-0.15, -0.1) is 0 Å². The maximum Gasteiger partial charge on any atom is 0.335 e. The van der Waals surface area contributed by atoms with Gasteiger partial charge < -0.3 is 10.0 Å². The normalized spacial score (nSPS) is 10.3. The zero-order valence-electron chi connectivity index (χ0n) is 10.8. The fraction of sp³-hybridized carbons (Fsp3) is 0.133. The fourth-order valence-electron chi connectivity index (χ4n) is 1.97. The van der Waals surface area contributed by atoms with E-state index in [9.17, 15) is 9.18 Å². The van der Waals surface area contributed by atoms with E-state index in [0.717, 1.165) is 5.69 Å². The Bertz CT molecular complexity index is 628. The van der Waals surface area contributed by atoms with Crippen LogP contribution in [0.3, 0.4) is 0 Å². The first kappa shape index (κ1) is 14.3. The van der Waals surface area contributed by atoms with E-state index < -0.39 is 5.97 Å². The van der Waals surface area contributed by atoms with E-state index in [1.165, 1.54) is 24.3 Å². The minimum absolute atomic E-state index is 0.133. The molecule has 0 amide bonds. The van der Waals surface area contributed by atoms with Crippen molar-refractivity contribution >= 4 is 28.9 Å². The number of carbonyl (C=O) groups is 1. The quantitative estimate of drug-likeness (QED) is 0.912. The van der Waals surface area contributed by atoms with Crippen molar-refractivity contribution in [2.24, 2.45) is 0 Å². The Labute approximate surface area is 121 Å². The molecule has 0 aliphatic rings. The molecule has 2 rings (SSSR count). The second kappa shape index (κ2) is 5.92. The molecule has 104 valence electrons. The minimum Gasteiger partial charge on any atom is -0.478 e. The number of nitrogens with zero attached hydrogens (tertiary/aromatic N) is 1. The highest BCUT2D eigenvalue weighted by atomic mass is 35.5. The number of hydrogen-bond donors (Lipinski definition) is 1. The van der Waals surface area contributed by atoms with Crippen molar-refractivity contribution in [1.29, 1.82) is 0 Å². The van der Waals surface area contributed by atoms with Crippen LogP contribution < -0.4 is 4.90 Å². The van der Waals surface area contributed by atoms with Gasteiger partial charge in [-0.25, -0.2) is 9.18 Å². The summed E-state index contributed by atoms with van der Waals surface area (Å²) in [7, 11) is 0. The molecular formula is C15H13ClFNO2. The number of anilines is 2. The van der Waals surface area contributed by atoms with Crippen LogP contribution in [-0.2, 0) is 0 Å². The molecule has 0 bridgehead atoms. The number of carboxylic acid groups (broad SMARTS) is 1. The molecule has 5 heteroatoms. The molecule has 0 aromatic heterocycles. The zero-order valence-corrected chi connectivity index (χ0v) is 11.6. The molecule has 0 radical (unpaired) electrons. The number of carboxylic acids is 1. The molecule has 0 spiro atoms. The van der Waals surface area contributed by atoms with E-state index in [1.54, 1.807) is 18.2 Å². The molecule has 0 heterocycles. The summed E-state index contributed by atoms with van der Waals surface area (Å²) >= 11 is 6.15. The SMILES string of the molecule is CCN(c1ccc(F)cc1)c1ccc(C(=O)O)cc1Cl. The molecule has 0 unspecified atom stereocenters. The third-order valence-corrected chi connectivity index (χ3v) is 3.24. The number of rotatable bonds is 4. The summed E-state index contributed by atoms with van der Waals surface area (Å²) in [6, 6.07) is 10.6. The van der Waals surface area contributed by atoms with Crippen molar-refractivity contribution in [3.8, 4) is 0 Å². The average molecular weight is 294 g/mol. The topological polar surface area (TPSA) is 40.5 Å². The molecule has 2 aromatic carbocycles. The van der Waals surface area contributed by atoms with Crippen molar-refractivity contribution in [1.82, 2.24) is 0 Å². The van der Waals surface area contributed by atoms with E-state index in [0.29, 0.717) is 17.3 Å². The lowest BCUT2D eigenvalue weighted by Crippen LogP contribution is -2.16. The Kier molecular flexibility index (Phi) is 4.25. The van der Waals surface area contributed by atoms with E-state index >= 15 is 0 Å². The van der Waals surface area contributed by atoms with Gasteiger partial charge in [-0.3, -0.25) is 0 Å². The number of halogens is 2. The standard InChI is InChI=1S/C15H13ClFNO2/c1-2-18(12-6-4-11(17)5-7-12)14-8-3-10(15(19)20)9-13(14)16/h3-9H,2H2,1H3,(H,19,20). The van der Waals surface area contributed by atoms with Gasteiger partial charge in [0.25, 0.3) is 0 Å². The first-order valence-electron chi connectivity index (χ1n) is 6.09. The fourth-order valence-corrected chi connectivity index (χ4v) is 2.25. The lowest BCUT2D eigenvalue weighted by molar-refractivity contribution is 0.0697. The molecule has 0 atom stereocenters.